The Kier molecular flexibility index (Phi) is 3.53. The van der Waals surface area contributed by atoms with Crippen molar-refractivity contribution in [2.45, 2.75) is 0 Å². The van der Waals surface area contributed by atoms with Crippen LogP contribution in [-0.4, -0.2) is 5.91 Å². The first-order valence-corrected chi connectivity index (χ1v) is 5.37. The van der Waals surface area contributed by atoms with Gasteiger partial charge >= 0.3 is 0 Å². The minimum Gasteiger partial charge on any atom is -0.322 e. The van der Waals surface area contributed by atoms with E-state index in [0.29, 0.717) is 11.3 Å². The smallest absolute Gasteiger partial charge is 0.258 e. The Labute approximate surface area is 108 Å². The van der Waals surface area contributed by atoms with Gasteiger partial charge in [-0.15, -0.1) is 0 Å². The van der Waals surface area contributed by atoms with Crippen molar-refractivity contribution in [3.63, 3.8) is 0 Å². The molecule has 2 aromatic carbocycles. The fourth-order valence-electron chi connectivity index (χ4n) is 1.50. The predicted molar refractivity (Wildman–Crippen MR) is 65.5 cm³/mol. The summed E-state index contributed by atoms with van der Waals surface area (Å²) in [5.74, 6) is -2.24. The number of carbonyl (C=O) groups excluding carboxylic acids is 1. The van der Waals surface area contributed by atoms with E-state index >= 15 is 0 Å². The highest BCUT2D eigenvalue weighted by Gasteiger charge is 2.12. The molecule has 2 aromatic rings. The third-order valence-electron chi connectivity index (χ3n) is 2.44. The fraction of sp³-hybridized carbons (Fsp3) is 0. The molecule has 5 heteroatoms. The Morgan fingerprint density at radius 2 is 1.79 bits per heavy atom. The number of hydrogen-bond donors (Lipinski definition) is 1. The van der Waals surface area contributed by atoms with E-state index in [1.54, 1.807) is 0 Å². The Hall–Kier alpha value is -2.74. The lowest BCUT2D eigenvalue weighted by Crippen LogP contribution is -2.14. The first kappa shape index (κ1) is 12.7. The van der Waals surface area contributed by atoms with E-state index in [4.69, 9.17) is 5.26 Å². The lowest BCUT2D eigenvalue weighted by molar-refractivity contribution is 0.102. The van der Waals surface area contributed by atoms with Gasteiger partial charge in [-0.05, 0) is 42.5 Å². The maximum absolute atomic E-state index is 13.4. The standard InChI is InChI=1S/C14H8F2N2O/c15-10-3-6-13(16)12(7-10)14(19)18-11-4-1-9(8-17)2-5-11/h1-7H,(H,18,19). The van der Waals surface area contributed by atoms with Gasteiger partial charge in [0.05, 0.1) is 17.2 Å². The molecule has 0 aliphatic heterocycles. The van der Waals surface area contributed by atoms with Crippen molar-refractivity contribution >= 4 is 11.6 Å². The lowest BCUT2D eigenvalue weighted by Gasteiger charge is -2.06. The van der Waals surface area contributed by atoms with Gasteiger partial charge in [0, 0.05) is 5.69 Å². The van der Waals surface area contributed by atoms with Gasteiger partial charge in [-0.1, -0.05) is 0 Å². The van der Waals surface area contributed by atoms with Gasteiger partial charge < -0.3 is 5.32 Å². The van der Waals surface area contributed by atoms with E-state index in [9.17, 15) is 13.6 Å². The number of nitrogens with one attached hydrogen (secondary N) is 1. The predicted octanol–water partition coefficient (Wildman–Crippen LogP) is 3.09. The van der Waals surface area contributed by atoms with E-state index in [0.717, 1.165) is 18.2 Å². The highest BCUT2D eigenvalue weighted by Crippen LogP contribution is 2.14. The highest BCUT2D eigenvalue weighted by atomic mass is 19.1. The van der Waals surface area contributed by atoms with E-state index in [2.05, 4.69) is 5.32 Å². The minimum absolute atomic E-state index is 0.371. The number of nitriles is 1. The third-order valence-corrected chi connectivity index (χ3v) is 2.44. The first-order chi connectivity index (χ1) is 9.10. The molecule has 1 N–H and O–H groups in total. The van der Waals surface area contributed by atoms with Crippen molar-refractivity contribution in [3.8, 4) is 6.07 Å². The summed E-state index contributed by atoms with van der Waals surface area (Å²) in [5.41, 5.74) is 0.465. The SMILES string of the molecule is N#Cc1ccc(NC(=O)c2cc(F)ccc2F)cc1. The summed E-state index contributed by atoms with van der Waals surface area (Å²) in [7, 11) is 0. The summed E-state index contributed by atoms with van der Waals surface area (Å²) in [6.45, 7) is 0. The third kappa shape index (κ3) is 2.93. The Bertz CT molecular complexity index is 660. The number of carbonyl (C=O) groups is 1. The van der Waals surface area contributed by atoms with Crippen LogP contribution in [0.3, 0.4) is 0 Å². The molecule has 0 aliphatic rings. The molecule has 0 bridgehead atoms. The van der Waals surface area contributed by atoms with Crippen molar-refractivity contribution in [1.29, 1.82) is 5.26 Å². The van der Waals surface area contributed by atoms with Gasteiger partial charge in [-0.3, -0.25) is 4.79 Å². The second kappa shape index (κ2) is 5.27. The maximum atomic E-state index is 13.4. The first-order valence-electron chi connectivity index (χ1n) is 5.37. The van der Waals surface area contributed by atoms with Gasteiger partial charge in [-0.2, -0.15) is 5.26 Å². The molecule has 0 heterocycles. The topological polar surface area (TPSA) is 52.9 Å². The number of amides is 1. The molecular formula is C14H8F2N2O. The van der Waals surface area contributed by atoms with Crippen LogP contribution in [0.2, 0.25) is 0 Å². The van der Waals surface area contributed by atoms with Crippen LogP contribution < -0.4 is 5.32 Å². The molecular weight excluding hydrogens is 250 g/mol. The van der Waals surface area contributed by atoms with E-state index in [1.165, 1.54) is 24.3 Å². The average Bonchev–Trinajstić information content (AvgIpc) is 2.42. The zero-order valence-electron chi connectivity index (χ0n) is 9.65. The largest absolute Gasteiger partial charge is 0.322 e. The molecule has 0 unspecified atom stereocenters. The van der Waals surface area contributed by atoms with Crippen LogP contribution in [0.15, 0.2) is 42.5 Å². The number of nitrogens with zero attached hydrogens (tertiary/aromatic N) is 1. The normalized spacial score (nSPS) is 9.74. The van der Waals surface area contributed by atoms with Crippen LogP contribution >= 0.6 is 0 Å². The monoisotopic (exact) mass is 258 g/mol. The quantitative estimate of drug-likeness (QED) is 0.899. The molecule has 94 valence electrons. The molecule has 2 rings (SSSR count). The number of halogens is 2. The van der Waals surface area contributed by atoms with Crippen LogP contribution in [0.5, 0.6) is 0 Å². The van der Waals surface area contributed by atoms with E-state index in [-0.39, 0.29) is 5.56 Å². The van der Waals surface area contributed by atoms with Crippen LogP contribution in [0.1, 0.15) is 15.9 Å². The second-order valence-electron chi connectivity index (χ2n) is 3.77. The molecule has 0 spiro atoms. The fourth-order valence-corrected chi connectivity index (χ4v) is 1.50. The molecule has 0 radical (unpaired) electrons. The summed E-state index contributed by atoms with van der Waals surface area (Å²) >= 11 is 0. The summed E-state index contributed by atoms with van der Waals surface area (Å²) < 4.78 is 26.3. The van der Waals surface area contributed by atoms with Crippen molar-refractivity contribution in [1.82, 2.24) is 0 Å². The summed E-state index contributed by atoms with van der Waals surface area (Å²) in [6.07, 6.45) is 0. The van der Waals surface area contributed by atoms with Crippen molar-refractivity contribution in [2.75, 3.05) is 5.32 Å². The molecule has 19 heavy (non-hydrogen) atoms. The van der Waals surface area contributed by atoms with Gasteiger partial charge in [0.2, 0.25) is 0 Å². The maximum Gasteiger partial charge on any atom is 0.258 e. The molecule has 0 aromatic heterocycles. The molecule has 0 fully saturated rings. The Morgan fingerprint density at radius 3 is 2.42 bits per heavy atom. The number of hydrogen-bond acceptors (Lipinski definition) is 2. The lowest BCUT2D eigenvalue weighted by atomic mass is 10.1. The average molecular weight is 258 g/mol. The summed E-state index contributed by atoms with van der Waals surface area (Å²) in [6, 6.07) is 10.6. The number of benzene rings is 2. The Balaban J connectivity index is 2.21. The molecule has 0 aliphatic carbocycles. The molecule has 3 nitrogen and oxygen atoms in total. The van der Waals surface area contributed by atoms with Crippen LogP contribution in [0.25, 0.3) is 0 Å². The van der Waals surface area contributed by atoms with E-state index < -0.39 is 17.5 Å². The zero-order valence-corrected chi connectivity index (χ0v) is 9.65. The molecule has 1 amide bonds. The number of anilines is 1. The molecule has 0 atom stereocenters. The summed E-state index contributed by atoms with van der Waals surface area (Å²) in [5, 5.41) is 11.0. The van der Waals surface area contributed by atoms with Gasteiger partial charge in [0.1, 0.15) is 11.6 Å². The van der Waals surface area contributed by atoms with Gasteiger partial charge in [-0.25, -0.2) is 8.78 Å². The zero-order chi connectivity index (χ0) is 13.8. The van der Waals surface area contributed by atoms with Gasteiger partial charge in [0.15, 0.2) is 0 Å². The van der Waals surface area contributed by atoms with Crippen LogP contribution in [0, 0.1) is 23.0 Å². The van der Waals surface area contributed by atoms with Gasteiger partial charge in [0.25, 0.3) is 5.91 Å². The number of rotatable bonds is 2. The second-order valence-corrected chi connectivity index (χ2v) is 3.77. The minimum atomic E-state index is -0.799. The molecule has 0 saturated heterocycles. The molecule has 0 saturated carbocycles. The van der Waals surface area contributed by atoms with Crippen molar-refractivity contribution in [2.24, 2.45) is 0 Å². The van der Waals surface area contributed by atoms with Crippen LogP contribution in [-0.2, 0) is 0 Å². The van der Waals surface area contributed by atoms with Crippen molar-refractivity contribution < 1.29 is 13.6 Å². The highest BCUT2D eigenvalue weighted by molar-refractivity contribution is 6.04. The Morgan fingerprint density at radius 1 is 1.11 bits per heavy atom. The van der Waals surface area contributed by atoms with Crippen molar-refractivity contribution in [3.05, 3.63) is 65.2 Å². The van der Waals surface area contributed by atoms with E-state index in [1.807, 2.05) is 6.07 Å². The van der Waals surface area contributed by atoms with Crippen LogP contribution in [0.4, 0.5) is 14.5 Å². The summed E-state index contributed by atoms with van der Waals surface area (Å²) in [4.78, 5) is 11.8.